The first-order valence-corrected chi connectivity index (χ1v) is 8.41. The van der Waals surface area contributed by atoms with E-state index in [9.17, 15) is 9.59 Å². The largest absolute Gasteiger partial charge is 0.481 e. The number of carbonyl (C=O) groups is 2. The summed E-state index contributed by atoms with van der Waals surface area (Å²) in [6, 6.07) is 7.45. The zero-order valence-corrected chi connectivity index (χ0v) is 15.5. The van der Waals surface area contributed by atoms with Crippen molar-refractivity contribution >= 4 is 23.5 Å². The van der Waals surface area contributed by atoms with Crippen molar-refractivity contribution in [2.24, 2.45) is 0 Å². The number of likely N-dealkylation sites (N-methyl/N-ethyl adjacent to an activating group) is 1. The van der Waals surface area contributed by atoms with Crippen molar-refractivity contribution in [3.8, 4) is 0 Å². The molecule has 25 heavy (non-hydrogen) atoms. The van der Waals surface area contributed by atoms with Crippen LogP contribution in [0.15, 0.2) is 34.9 Å². The summed E-state index contributed by atoms with van der Waals surface area (Å²) in [5.74, 6) is -1.00. The summed E-state index contributed by atoms with van der Waals surface area (Å²) in [6.45, 7) is 5.74. The summed E-state index contributed by atoms with van der Waals surface area (Å²) in [7, 11) is 1.72. The first-order chi connectivity index (χ1) is 11.7. The Morgan fingerprint density at radius 1 is 1.24 bits per heavy atom. The second-order valence-corrected chi connectivity index (χ2v) is 6.72. The van der Waals surface area contributed by atoms with Crippen molar-refractivity contribution in [1.82, 2.24) is 4.90 Å². The normalized spacial score (nSPS) is 13.3. The predicted octanol–water partition coefficient (Wildman–Crippen LogP) is 4.13. The molecule has 134 valence electrons. The molecule has 0 bridgehead atoms. The molecule has 2 aromatic rings. The van der Waals surface area contributed by atoms with Gasteiger partial charge in [-0.05, 0) is 31.5 Å². The summed E-state index contributed by atoms with van der Waals surface area (Å²) >= 11 is 5.93. The van der Waals surface area contributed by atoms with E-state index in [0.29, 0.717) is 16.1 Å². The van der Waals surface area contributed by atoms with Gasteiger partial charge in [0.1, 0.15) is 12.2 Å². The van der Waals surface area contributed by atoms with E-state index in [1.807, 2.05) is 38.1 Å². The number of halogens is 1. The van der Waals surface area contributed by atoms with Crippen LogP contribution in [-0.4, -0.2) is 35.0 Å². The highest BCUT2D eigenvalue weighted by Crippen LogP contribution is 2.26. The maximum atomic E-state index is 12.9. The van der Waals surface area contributed by atoms with Gasteiger partial charge >= 0.3 is 5.97 Å². The molecule has 0 aliphatic carbocycles. The Balaban J connectivity index is 2.23. The molecule has 0 aliphatic rings. The number of carbonyl (C=O) groups excluding carboxylic acids is 1. The van der Waals surface area contributed by atoms with E-state index in [2.05, 4.69) is 0 Å². The standard InChI is InChI=1S/C19H22ClNO4/c1-11-10-25-16(9-17(22)23)18(11)19(24)21(4)13(3)12(2)14-5-7-15(20)8-6-14/h5-8,10,12-13H,9H2,1-4H3,(H,22,23). The van der Waals surface area contributed by atoms with Gasteiger partial charge in [-0.1, -0.05) is 30.7 Å². The van der Waals surface area contributed by atoms with Crippen molar-refractivity contribution in [2.75, 3.05) is 7.05 Å². The Kier molecular flexibility index (Phi) is 5.90. The molecule has 0 radical (unpaired) electrons. The van der Waals surface area contributed by atoms with Crippen LogP contribution in [-0.2, 0) is 11.2 Å². The van der Waals surface area contributed by atoms with Gasteiger partial charge in [-0.25, -0.2) is 0 Å². The maximum Gasteiger partial charge on any atom is 0.311 e. The molecule has 0 saturated heterocycles. The molecular formula is C19H22ClNO4. The Morgan fingerprint density at radius 3 is 2.40 bits per heavy atom. The van der Waals surface area contributed by atoms with Crippen LogP contribution in [0.5, 0.6) is 0 Å². The van der Waals surface area contributed by atoms with Gasteiger partial charge in [-0.15, -0.1) is 0 Å². The SMILES string of the molecule is Cc1coc(CC(=O)O)c1C(=O)N(C)C(C)C(C)c1ccc(Cl)cc1. The average molecular weight is 364 g/mol. The van der Waals surface area contributed by atoms with Gasteiger partial charge in [0.25, 0.3) is 5.91 Å². The Morgan fingerprint density at radius 2 is 1.84 bits per heavy atom. The van der Waals surface area contributed by atoms with Crippen molar-refractivity contribution in [1.29, 1.82) is 0 Å². The summed E-state index contributed by atoms with van der Waals surface area (Å²) in [5.41, 5.74) is 2.05. The number of carboxylic acids is 1. The van der Waals surface area contributed by atoms with E-state index in [0.717, 1.165) is 5.56 Å². The van der Waals surface area contributed by atoms with Crippen LogP contribution < -0.4 is 0 Å². The molecule has 1 amide bonds. The van der Waals surface area contributed by atoms with Gasteiger partial charge in [0.2, 0.25) is 0 Å². The quantitative estimate of drug-likeness (QED) is 0.837. The molecule has 0 fully saturated rings. The smallest absolute Gasteiger partial charge is 0.311 e. The van der Waals surface area contributed by atoms with Gasteiger partial charge in [0.15, 0.2) is 0 Å². The Bertz CT molecular complexity index is 766. The number of hydrogen-bond acceptors (Lipinski definition) is 3. The number of aliphatic carboxylic acids is 1. The molecule has 6 heteroatoms. The highest BCUT2D eigenvalue weighted by atomic mass is 35.5. The topological polar surface area (TPSA) is 70.7 Å². The van der Waals surface area contributed by atoms with Crippen LogP contribution in [0.1, 0.15) is 47.0 Å². The number of amides is 1. The fourth-order valence-corrected chi connectivity index (χ4v) is 2.92. The van der Waals surface area contributed by atoms with E-state index >= 15 is 0 Å². The lowest BCUT2D eigenvalue weighted by Gasteiger charge is -2.30. The van der Waals surface area contributed by atoms with E-state index in [4.69, 9.17) is 21.1 Å². The van der Waals surface area contributed by atoms with Gasteiger partial charge in [-0.3, -0.25) is 9.59 Å². The minimum atomic E-state index is -1.03. The van der Waals surface area contributed by atoms with Crippen LogP contribution in [0.2, 0.25) is 5.02 Å². The summed E-state index contributed by atoms with van der Waals surface area (Å²) < 4.78 is 5.27. The predicted molar refractivity (Wildman–Crippen MR) is 96.2 cm³/mol. The zero-order chi connectivity index (χ0) is 18.7. The molecule has 2 atom stereocenters. The number of hydrogen-bond donors (Lipinski definition) is 1. The van der Waals surface area contributed by atoms with Gasteiger partial charge in [-0.2, -0.15) is 0 Å². The molecule has 1 N–H and O–H groups in total. The van der Waals surface area contributed by atoms with Crippen LogP contribution in [0.4, 0.5) is 0 Å². The van der Waals surface area contributed by atoms with Crippen molar-refractivity contribution < 1.29 is 19.1 Å². The number of furan rings is 1. The number of nitrogens with zero attached hydrogens (tertiary/aromatic N) is 1. The number of carboxylic acid groups (broad SMARTS) is 1. The average Bonchev–Trinajstić information content (AvgIpc) is 2.92. The van der Waals surface area contributed by atoms with E-state index < -0.39 is 5.97 Å². The number of benzene rings is 1. The van der Waals surface area contributed by atoms with E-state index in [-0.39, 0.29) is 30.0 Å². The Labute approximate surface area is 152 Å². The molecule has 5 nitrogen and oxygen atoms in total. The van der Waals surface area contributed by atoms with Gasteiger partial charge in [0, 0.05) is 29.6 Å². The first kappa shape index (κ1) is 19.1. The molecule has 0 saturated carbocycles. The Hall–Kier alpha value is -2.27. The summed E-state index contributed by atoms with van der Waals surface area (Å²) in [6.07, 6.45) is 1.11. The zero-order valence-electron chi connectivity index (χ0n) is 14.7. The number of aryl methyl sites for hydroxylation is 1. The molecule has 2 rings (SSSR count). The third-order valence-electron chi connectivity index (χ3n) is 4.63. The van der Waals surface area contributed by atoms with Crippen molar-refractivity contribution in [2.45, 2.75) is 39.2 Å². The summed E-state index contributed by atoms with van der Waals surface area (Å²) in [5, 5.41) is 9.66. The maximum absolute atomic E-state index is 12.9. The molecular weight excluding hydrogens is 342 g/mol. The number of rotatable bonds is 6. The highest BCUT2D eigenvalue weighted by Gasteiger charge is 2.28. The van der Waals surface area contributed by atoms with Crippen LogP contribution in [0, 0.1) is 6.92 Å². The van der Waals surface area contributed by atoms with Crippen molar-refractivity contribution in [3.05, 3.63) is 58.0 Å². The monoisotopic (exact) mass is 363 g/mol. The van der Waals surface area contributed by atoms with Gasteiger partial charge in [0.05, 0.1) is 11.8 Å². The minimum absolute atomic E-state index is 0.0846. The third-order valence-corrected chi connectivity index (χ3v) is 4.88. The fraction of sp³-hybridized carbons (Fsp3) is 0.368. The fourth-order valence-electron chi connectivity index (χ4n) is 2.79. The molecule has 1 aromatic heterocycles. The van der Waals surface area contributed by atoms with E-state index in [1.54, 1.807) is 18.9 Å². The van der Waals surface area contributed by atoms with Crippen LogP contribution in [0.3, 0.4) is 0 Å². The van der Waals surface area contributed by atoms with Crippen LogP contribution in [0.25, 0.3) is 0 Å². The highest BCUT2D eigenvalue weighted by molar-refractivity contribution is 6.30. The molecule has 1 aromatic carbocycles. The minimum Gasteiger partial charge on any atom is -0.481 e. The summed E-state index contributed by atoms with van der Waals surface area (Å²) in [4.78, 5) is 25.5. The molecule has 0 aliphatic heterocycles. The lowest BCUT2D eigenvalue weighted by molar-refractivity contribution is -0.136. The molecule has 1 heterocycles. The lowest BCUT2D eigenvalue weighted by atomic mass is 9.93. The van der Waals surface area contributed by atoms with E-state index in [1.165, 1.54) is 6.26 Å². The third kappa shape index (κ3) is 4.23. The lowest BCUT2D eigenvalue weighted by Crippen LogP contribution is -2.38. The molecule has 0 spiro atoms. The second kappa shape index (κ2) is 7.74. The first-order valence-electron chi connectivity index (χ1n) is 8.03. The van der Waals surface area contributed by atoms with Crippen LogP contribution >= 0.6 is 11.6 Å². The molecule has 2 unspecified atom stereocenters. The van der Waals surface area contributed by atoms with Gasteiger partial charge < -0.3 is 14.4 Å². The van der Waals surface area contributed by atoms with Crippen molar-refractivity contribution in [3.63, 3.8) is 0 Å². The second-order valence-electron chi connectivity index (χ2n) is 6.28.